The van der Waals surface area contributed by atoms with Crippen LogP contribution in [0.15, 0.2) is 47.3 Å². The van der Waals surface area contributed by atoms with Gasteiger partial charge in [-0.3, -0.25) is 15.0 Å². The molecule has 26 heavy (non-hydrogen) atoms. The van der Waals surface area contributed by atoms with E-state index in [1.165, 1.54) is 6.07 Å². The number of aromatic nitrogens is 2. The molecule has 1 aromatic heterocycles. The summed E-state index contributed by atoms with van der Waals surface area (Å²) in [5.41, 5.74) is 0.671. The molecule has 2 aromatic carbocycles. The summed E-state index contributed by atoms with van der Waals surface area (Å²) in [4.78, 5) is 27.3. The second kappa shape index (κ2) is 6.37. The predicted molar refractivity (Wildman–Crippen MR) is 88.5 cm³/mol. The van der Waals surface area contributed by atoms with Gasteiger partial charge < -0.3 is 4.98 Å². The fraction of sp³-hybridized carbons (Fsp3) is 0.0625. The van der Waals surface area contributed by atoms with E-state index >= 15 is 0 Å². The highest BCUT2D eigenvalue weighted by Crippen LogP contribution is 2.29. The molecular formula is C16H9F4N3O2S. The molecule has 0 radical (unpaired) electrons. The van der Waals surface area contributed by atoms with Crippen LogP contribution in [0.4, 0.5) is 17.6 Å². The van der Waals surface area contributed by atoms with Crippen LogP contribution in [0.3, 0.4) is 0 Å². The smallest absolute Gasteiger partial charge is 0.330 e. The fourth-order valence-electron chi connectivity index (χ4n) is 2.26. The Bertz CT molecular complexity index is 1120. The lowest BCUT2D eigenvalue weighted by Gasteiger charge is -2.11. The zero-order chi connectivity index (χ0) is 19.1. The Morgan fingerprint density at radius 2 is 1.77 bits per heavy atom. The van der Waals surface area contributed by atoms with E-state index in [2.05, 4.69) is 10.4 Å². The molecule has 0 atom stereocenters. The average Bonchev–Trinajstić information content (AvgIpc) is 2.58. The molecule has 1 heterocycles. The van der Waals surface area contributed by atoms with Crippen molar-refractivity contribution in [2.75, 3.05) is 5.43 Å². The molecule has 0 bridgehead atoms. The minimum Gasteiger partial charge on any atom is -0.330 e. The Kier molecular flexibility index (Phi) is 4.36. The molecule has 0 unspecified atom stereocenters. The van der Waals surface area contributed by atoms with Crippen molar-refractivity contribution in [3.63, 3.8) is 0 Å². The molecule has 134 valence electrons. The molecular weight excluding hydrogens is 374 g/mol. The highest BCUT2D eigenvalue weighted by Gasteiger charge is 2.30. The van der Waals surface area contributed by atoms with Gasteiger partial charge in [-0.25, -0.2) is 4.39 Å². The largest absolute Gasteiger partial charge is 0.416 e. The van der Waals surface area contributed by atoms with Gasteiger partial charge in [0.1, 0.15) is 5.82 Å². The number of halogens is 4. The van der Waals surface area contributed by atoms with Crippen LogP contribution < -0.4 is 11.0 Å². The lowest BCUT2D eigenvalue weighted by molar-refractivity contribution is -0.137. The van der Waals surface area contributed by atoms with Gasteiger partial charge in [-0.1, -0.05) is 0 Å². The zero-order valence-electron chi connectivity index (χ0n) is 12.7. The summed E-state index contributed by atoms with van der Waals surface area (Å²) in [6.07, 6.45) is -4.53. The molecule has 0 aliphatic heterocycles. The first-order chi connectivity index (χ1) is 12.2. The van der Waals surface area contributed by atoms with Gasteiger partial charge in [-0.15, -0.1) is 0 Å². The number of carbonyl (C=O) groups excluding carboxylic acids is 1. The van der Waals surface area contributed by atoms with E-state index in [0.29, 0.717) is 4.68 Å². The third-order valence-electron chi connectivity index (χ3n) is 3.55. The lowest BCUT2D eigenvalue weighted by atomic mass is 10.1. The molecule has 3 aromatic rings. The molecule has 1 amide bonds. The number of carbonyl (C=O) groups is 1. The predicted octanol–water partition coefficient (Wildman–Crippen LogP) is 3.60. The van der Waals surface area contributed by atoms with E-state index in [9.17, 15) is 27.2 Å². The van der Waals surface area contributed by atoms with Gasteiger partial charge >= 0.3 is 6.18 Å². The van der Waals surface area contributed by atoms with Crippen molar-refractivity contribution < 1.29 is 22.4 Å². The molecule has 0 fully saturated rings. The average molecular weight is 383 g/mol. The van der Waals surface area contributed by atoms with Crippen LogP contribution in [0.2, 0.25) is 0 Å². The molecule has 0 aliphatic carbocycles. The monoisotopic (exact) mass is 383 g/mol. The Labute approximate surface area is 147 Å². The Morgan fingerprint density at radius 1 is 1.12 bits per heavy atom. The number of nitrogens with zero attached hydrogens (tertiary/aromatic N) is 1. The van der Waals surface area contributed by atoms with Crippen LogP contribution in [0.5, 0.6) is 0 Å². The normalized spacial score (nSPS) is 11.5. The molecule has 0 spiro atoms. The van der Waals surface area contributed by atoms with Gasteiger partial charge in [-0.05, 0) is 54.7 Å². The molecule has 0 aliphatic rings. The van der Waals surface area contributed by atoms with Gasteiger partial charge in [0.25, 0.3) is 11.5 Å². The molecule has 10 heteroatoms. The van der Waals surface area contributed by atoms with E-state index in [1.54, 1.807) is 0 Å². The molecule has 2 N–H and O–H groups in total. The van der Waals surface area contributed by atoms with Crippen LogP contribution in [-0.4, -0.2) is 15.6 Å². The zero-order valence-corrected chi connectivity index (χ0v) is 13.5. The summed E-state index contributed by atoms with van der Waals surface area (Å²) in [5.74, 6) is -1.50. The Hall–Kier alpha value is -3.01. The second-order valence-electron chi connectivity index (χ2n) is 5.28. The fourth-order valence-corrected chi connectivity index (χ4v) is 2.50. The van der Waals surface area contributed by atoms with E-state index in [4.69, 9.17) is 12.2 Å². The molecule has 0 saturated heterocycles. The van der Waals surface area contributed by atoms with Crippen molar-refractivity contribution in [2.45, 2.75) is 6.18 Å². The van der Waals surface area contributed by atoms with Crippen molar-refractivity contribution in [3.8, 4) is 0 Å². The highest BCUT2D eigenvalue weighted by atomic mass is 32.1. The summed E-state index contributed by atoms with van der Waals surface area (Å²) in [7, 11) is 0. The highest BCUT2D eigenvalue weighted by molar-refractivity contribution is 7.71. The summed E-state index contributed by atoms with van der Waals surface area (Å²) in [6.45, 7) is 0. The summed E-state index contributed by atoms with van der Waals surface area (Å²) >= 11 is 4.99. The van der Waals surface area contributed by atoms with Gasteiger partial charge in [0.15, 0.2) is 4.77 Å². The van der Waals surface area contributed by atoms with Crippen molar-refractivity contribution in [1.82, 2.24) is 9.66 Å². The summed E-state index contributed by atoms with van der Waals surface area (Å²) < 4.78 is 51.6. The van der Waals surface area contributed by atoms with Crippen LogP contribution in [0.25, 0.3) is 10.9 Å². The number of fused-ring (bicyclic) bond motifs is 1. The van der Waals surface area contributed by atoms with E-state index in [-0.39, 0.29) is 21.2 Å². The number of rotatable bonds is 2. The van der Waals surface area contributed by atoms with Gasteiger partial charge in [0.05, 0.1) is 16.5 Å². The van der Waals surface area contributed by atoms with Gasteiger partial charge in [-0.2, -0.15) is 17.8 Å². The Morgan fingerprint density at radius 3 is 2.38 bits per heavy atom. The first-order valence-electron chi connectivity index (χ1n) is 7.10. The number of nitrogens with one attached hydrogen (secondary N) is 2. The maximum absolute atomic E-state index is 13.3. The van der Waals surface area contributed by atoms with Gasteiger partial charge in [0.2, 0.25) is 0 Å². The number of aromatic amines is 1. The van der Waals surface area contributed by atoms with Crippen LogP contribution >= 0.6 is 12.2 Å². The standard InChI is InChI=1S/C16H9F4N3O2S/c17-10-5-6-12-11(7-10)14(25)23(15(26)21-12)22-13(24)8-1-3-9(4-2-8)16(18,19)20/h1-7H,(H,21,26)(H,22,24). The molecule has 3 rings (SSSR count). The third kappa shape index (κ3) is 3.36. The van der Waals surface area contributed by atoms with Crippen molar-refractivity contribution >= 4 is 29.0 Å². The van der Waals surface area contributed by atoms with Crippen LogP contribution in [0.1, 0.15) is 15.9 Å². The number of hydrogen-bond donors (Lipinski definition) is 2. The minimum atomic E-state index is -4.53. The number of benzene rings is 2. The van der Waals surface area contributed by atoms with Gasteiger partial charge in [0, 0.05) is 5.56 Å². The molecule has 5 nitrogen and oxygen atoms in total. The second-order valence-corrected chi connectivity index (χ2v) is 5.66. The SMILES string of the molecule is O=C(Nn1c(=S)[nH]c2ccc(F)cc2c1=O)c1ccc(C(F)(F)F)cc1. The van der Waals surface area contributed by atoms with E-state index in [1.807, 2.05) is 0 Å². The number of hydrogen-bond acceptors (Lipinski definition) is 3. The number of H-pyrrole nitrogens is 1. The van der Waals surface area contributed by atoms with E-state index < -0.39 is 29.0 Å². The summed E-state index contributed by atoms with van der Waals surface area (Å²) in [5, 5.41) is -0.0497. The number of alkyl halides is 3. The topological polar surface area (TPSA) is 66.9 Å². The number of amides is 1. The Balaban J connectivity index is 1.97. The minimum absolute atomic E-state index is 0.0497. The van der Waals surface area contributed by atoms with Crippen molar-refractivity contribution in [3.05, 3.63) is 74.5 Å². The maximum Gasteiger partial charge on any atom is 0.416 e. The maximum atomic E-state index is 13.3. The van der Waals surface area contributed by atoms with Crippen LogP contribution in [-0.2, 0) is 6.18 Å². The first kappa shape index (κ1) is 17.8. The van der Waals surface area contributed by atoms with E-state index in [0.717, 1.165) is 36.4 Å². The third-order valence-corrected chi connectivity index (χ3v) is 3.83. The summed E-state index contributed by atoms with van der Waals surface area (Å²) in [6, 6.07) is 6.86. The lowest BCUT2D eigenvalue weighted by Crippen LogP contribution is -2.34. The quantitative estimate of drug-likeness (QED) is 0.525. The van der Waals surface area contributed by atoms with Crippen molar-refractivity contribution in [1.29, 1.82) is 0 Å². The first-order valence-corrected chi connectivity index (χ1v) is 7.51. The van der Waals surface area contributed by atoms with Crippen molar-refractivity contribution in [2.24, 2.45) is 0 Å². The molecule has 0 saturated carbocycles. The van der Waals surface area contributed by atoms with Crippen LogP contribution in [0, 0.1) is 10.6 Å².